The number of nitrogens with one attached hydrogen (secondary N) is 2. The van der Waals surface area contributed by atoms with Crippen LogP contribution in [0.2, 0.25) is 0 Å². The molecule has 1 aliphatic rings. The molecule has 1 fully saturated rings. The molecule has 3 heterocycles. The third-order valence-corrected chi connectivity index (χ3v) is 7.14. The molecule has 2 N–H and O–H groups in total. The fourth-order valence-corrected chi connectivity index (χ4v) is 4.88. The molecule has 4 aromatic rings. The zero-order chi connectivity index (χ0) is 27.0. The summed E-state index contributed by atoms with van der Waals surface area (Å²) >= 11 is 1.36. The van der Waals surface area contributed by atoms with Gasteiger partial charge in [0.25, 0.3) is 5.91 Å². The molecule has 0 aliphatic heterocycles. The molecule has 3 aromatic heterocycles. The Morgan fingerprint density at radius 2 is 1.84 bits per heavy atom. The largest absolute Gasteiger partial charge is 0.335 e. The zero-order valence-electron chi connectivity index (χ0n) is 21.8. The average Bonchev–Trinajstić information content (AvgIpc) is 3.41. The molecule has 0 atom stereocenters. The average molecular weight is 531 g/mol. The molecule has 1 saturated carbocycles. The Kier molecular flexibility index (Phi) is 6.75. The van der Waals surface area contributed by atoms with Crippen LogP contribution >= 0.6 is 11.3 Å². The summed E-state index contributed by atoms with van der Waals surface area (Å²) in [7, 11) is 1.73. The van der Waals surface area contributed by atoms with E-state index in [1.165, 1.54) is 15.9 Å². The Morgan fingerprint density at radius 3 is 2.53 bits per heavy atom. The minimum Gasteiger partial charge on any atom is -0.335 e. The number of nitrogens with zero attached hydrogens (tertiary/aromatic N) is 4. The monoisotopic (exact) mass is 530 g/mol. The van der Waals surface area contributed by atoms with Gasteiger partial charge in [-0.05, 0) is 48.6 Å². The highest BCUT2D eigenvalue weighted by molar-refractivity contribution is 7.13. The second kappa shape index (κ2) is 10.0. The van der Waals surface area contributed by atoms with Crippen LogP contribution in [-0.4, -0.2) is 45.5 Å². The molecule has 9 nitrogen and oxygen atoms in total. The second-order valence-corrected chi connectivity index (χ2v) is 11.6. The van der Waals surface area contributed by atoms with E-state index in [0.717, 1.165) is 23.8 Å². The van der Waals surface area contributed by atoms with E-state index in [4.69, 9.17) is 0 Å². The van der Waals surface area contributed by atoms with Crippen molar-refractivity contribution in [1.29, 1.82) is 0 Å². The van der Waals surface area contributed by atoms with Crippen molar-refractivity contribution in [2.75, 3.05) is 17.3 Å². The summed E-state index contributed by atoms with van der Waals surface area (Å²) in [4.78, 5) is 49.4. The summed E-state index contributed by atoms with van der Waals surface area (Å²) in [6.07, 6.45) is 5.60. The number of thiazole rings is 1. The van der Waals surface area contributed by atoms with Gasteiger partial charge in [0.15, 0.2) is 0 Å². The molecular weight excluding hydrogens is 500 g/mol. The molecule has 3 amide bonds. The van der Waals surface area contributed by atoms with Crippen molar-refractivity contribution in [2.45, 2.75) is 46.1 Å². The smallest absolute Gasteiger partial charge is 0.327 e. The molecular formula is C28H30N6O3S. The predicted octanol–water partition coefficient (Wildman–Crippen LogP) is 5.53. The first-order chi connectivity index (χ1) is 18.1. The Morgan fingerprint density at radius 1 is 1.11 bits per heavy atom. The fourth-order valence-electron chi connectivity index (χ4n) is 4.08. The van der Waals surface area contributed by atoms with Crippen LogP contribution < -0.4 is 15.5 Å². The van der Waals surface area contributed by atoms with Gasteiger partial charge in [-0.25, -0.2) is 14.3 Å². The lowest BCUT2D eigenvalue weighted by molar-refractivity contribution is -0.120. The van der Waals surface area contributed by atoms with Crippen LogP contribution in [0.25, 0.3) is 21.5 Å². The molecule has 5 rings (SSSR count). The summed E-state index contributed by atoms with van der Waals surface area (Å²) in [5.41, 5.74) is 2.25. The summed E-state index contributed by atoms with van der Waals surface area (Å²) in [6, 6.07) is 10.7. The summed E-state index contributed by atoms with van der Waals surface area (Å²) < 4.78 is 1.47. The normalized spacial score (nSPS) is 13.4. The number of fused-ring (bicyclic) bond motifs is 1. The lowest BCUT2D eigenvalue weighted by Crippen LogP contribution is -2.32. The van der Waals surface area contributed by atoms with Gasteiger partial charge >= 0.3 is 6.03 Å². The van der Waals surface area contributed by atoms with Gasteiger partial charge in [-0.2, -0.15) is 0 Å². The molecule has 0 spiro atoms. The number of aromatic nitrogens is 3. The first-order valence-corrected chi connectivity index (χ1v) is 13.4. The van der Waals surface area contributed by atoms with Gasteiger partial charge in [-0.1, -0.05) is 26.8 Å². The minimum absolute atomic E-state index is 0.0144. The van der Waals surface area contributed by atoms with Gasteiger partial charge in [0.2, 0.25) is 5.91 Å². The first-order valence-electron chi connectivity index (χ1n) is 12.5. The van der Waals surface area contributed by atoms with E-state index >= 15 is 0 Å². The van der Waals surface area contributed by atoms with Crippen LogP contribution in [0.5, 0.6) is 0 Å². The number of anilines is 2. The van der Waals surface area contributed by atoms with Crippen molar-refractivity contribution in [1.82, 2.24) is 19.9 Å². The van der Waals surface area contributed by atoms with Gasteiger partial charge in [-0.15, -0.1) is 11.3 Å². The van der Waals surface area contributed by atoms with E-state index in [-0.39, 0.29) is 29.1 Å². The SMILES string of the molecule is CN(C(=O)CC(C)(C)C)c1ccc2cc(NC(=O)c3csc(-c4ccncc4)n3)n(C(=O)NC3CC3)c2c1. The molecule has 0 bridgehead atoms. The zero-order valence-corrected chi connectivity index (χ0v) is 22.6. The van der Waals surface area contributed by atoms with Gasteiger partial charge < -0.3 is 15.5 Å². The quantitative estimate of drug-likeness (QED) is 0.341. The van der Waals surface area contributed by atoms with Crippen molar-refractivity contribution in [3.05, 3.63) is 59.9 Å². The molecule has 10 heteroatoms. The summed E-state index contributed by atoms with van der Waals surface area (Å²) in [6.45, 7) is 6.06. The number of carbonyl (C=O) groups excluding carboxylic acids is 3. The summed E-state index contributed by atoms with van der Waals surface area (Å²) in [5.74, 6) is -0.0931. The Bertz CT molecular complexity index is 1510. The first kappa shape index (κ1) is 25.6. The van der Waals surface area contributed by atoms with Crippen molar-refractivity contribution >= 4 is 51.6 Å². The number of amides is 3. The second-order valence-electron chi connectivity index (χ2n) is 10.7. The van der Waals surface area contributed by atoms with Gasteiger partial charge in [0, 0.05) is 53.9 Å². The van der Waals surface area contributed by atoms with Crippen molar-refractivity contribution in [3.63, 3.8) is 0 Å². The lowest BCUT2D eigenvalue weighted by Gasteiger charge is -2.23. The standard InChI is InChI=1S/C28H30N6O3S/c1-28(2,3)15-24(35)33(4)20-8-5-18-13-23(34(22(18)14-20)27(37)30-19-6-7-19)32-25(36)21-16-38-26(31-21)17-9-11-29-12-10-17/h5,8-14,16,19H,6-7,15H2,1-4H3,(H,30,37)(H,32,36). The molecule has 196 valence electrons. The maximum absolute atomic E-state index is 13.3. The molecule has 0 unspecified atom stereocenters. The van der Waals surface area contributed by atoms with Crippen molar-refractivity contribution < 1.29 is 14.4 Å². The highest BCUT2D eigenvalue weighted by Gasteiger charge is 2.27. The summed E-state index contributed by atoms with van der Waals surface area (Å²) in [5, 5.41) is 9.04. The van der Waals surface area contributed by atoms with Crippen LogP contribution in [-0.2, 0) is 4.79 Å². The maximum atomic E-state index is 13.3. The third kappa shape index (κ3) is 5.60. The number of hydrogen-bond donors (Lipinski definition) is 2. The van der Waals surface area contributed by atoms with E-state index in [9.17, 15) is 14.4 Å². The van der Waals surface area contributed by atoms with Gasteiger partial charge in [0.1, 0.15) is 16.5 Å². The number of pyridine rings is 1. The van der Waals surface area contributed by atoms with E-state index in [1.807, 2.05) is 51.1 Å². The maximum Gasteiger partial charge on any atom is 0.327 e. The molecule has 0 saturated heterocycles. The topological polar surface area (TPSA) is 109 Å². The minimum atomic E-state index is -0.414. The number of rotatable bonds is 6. The number of hydrogen-bond acceptors (Lipinski definition) is 6. The van der Waals surface area contributed by atoms with E-state index in [1.54, 1.807) is 35.8 Å². The fraction of sp³-hybridized carbons (Fsp3) is 0.321. The van der Waals surface area contributed by atoms with E-state index in [0.29, 0.717) is 28.5 Å². The Labute approximate surface area is 224 Å². The van der Waals surface area contributed by atoms with Crippen LogP contribution in [0, 0.1) is 5.41 Å². The van der Waals surface area contributed by atoms with Gasteiger partial charge in [-0.3, -0.25) is 14.6 Å². The molecule has 1 aliphatic carbocycles. The third-order valence-electron chi connectivity index (χ3n) is 6.24. The number of benzene rings is 1. The van der Waals surface area contributed by atoms with E-state index in [2.05, 4.69) is 20.6 Å². The van der Waals surface area contributed by atoms with Crippen LogP contribution in [0.15, 0.2) is 54.2 Å². The van der Waals surface area contributed by atoms with Gasteiger partial charge in [0.05, 0.1) is 5.52 Å². The highest BCUT2D eigenvalue weighted by atomic mass is 32.1. The predicted molar refractivity (Wildman–Crippen MR) is 150 cm³/mol. The molecule has 1 aromatic carbocycles. The Hall–Kier alpha value is -4.05. The highest BCUT2D eigenvalue weighted by Crippen LogP contribution is 2.31. The van der Waals surface area contributed by atoms with Crippen LogP contribution in [0.4, 0.5) is 16.3 Å². The van der Waals surface area contributed by atoms with E-state index < -0.39 is 5.91 Å². The van der Waals surface area contributed by atoms with Crippen molar-refractivity contribution in [3.8, 4) is 10.6 Å². The van der Waals surface area contributed by atoms with Crippen LogP contribution in [0.1, 0.15) is 50.5 Å². The lowest BCUT2D eigenvalue weighted by atomic mass is 9.91. The molecule has 0 radical (unpaired) electrons. The Balaban J connectivity index is 1.46. The molecule has 38 heavy (non-hydrogen) atoms. The van der Waals surface area contributed by atoms with Crippen molar-refractivity contribution in [2.24, 2.45) is 5.41 Å². The van der Waals surface area contributed by atoms with Crippen LogP contribution in [0.3, 0.4) is 0 Å². The number of carbonyl (C=O) groups is 3.